The molecule has 2 aliphatic carbocycles. The second kappa shape index (κ2) is 8.09. The molecule has 1 atom stereocenters. The Hall–Kier alpha value is -1.44. The number of hydrogen-bond acceptors (Lipinski definition) is 0. The van der Waals surface area contributed by atoms with Gasteiger partial charge in [0.25, 0.3) is 0 Å². The third-order valence-corrected chi connectivity index (χ3v) is 6.07. The molecule has 1 aromatic rings. The molecule has 0 bridgehead atoms. The van der Waals surface area contributed by atoms with Gasteiger partial charge in [0, 0.05) is 0 Å². The van der Waals surface area contributed by atoms with Crippen LogP contribution in [0.2, 0.25) is 0 Å². The van der Waals surface area contributed by atoms with Crippen LogP contribution in [0.5, 0.6) is 0 Å². The van der Waals surface area contributed by atoms with Crippen LogP contribution in [0.1, 0.15) is 69.3 Å². The van der Waals surface area contributed by atoms with Crippen molar-refractivity contribution in [3.05, 3.63) is 59.7 Å². The van der Waals surface area contributed by atoms with E-state index in [-0.39, 0.29) is 0 Å². The lowest BCUT2D eigenvalue weighted by Gasteiger charge is -2.35. The van der Waals surface area contributed by atoms with E-state index in [0.29, 0.717) is 5.92 Å². The third kappa shape index (κ3) is 4.15. The average Bonchev–Trinajstić information content (AvgIpc) is 2.63. The van der Waals surface area contributed by atoms with Gasteiger partial charge in [-0.05, 0) is 93.2 Å². The summed E-state index contributed by atoms with van der Waals surface area (Å²) in [4.78, 5) is 0. The third-order valence-electron chi connectivity index (χ3n) is 6.07. The van der Waals surface area contributed by atoms with Gasteiger partial charge >= 0.3 is 0 Å². The summed E-state index contributed by atoms with van der Waals surface area (Å²) in [7, 11) is 0. The minimum atomic E-state index is -0.742. The quantitative estimate of drug-likeness (QED) is 0.513. The van der Waals surface area contributed by atoms with Crippen molar-refractivity contribution in [2.75, 3.05) is 0 Å². The van der Waals surface area contributed by atoms with Gasteiger partial charge in [0.15, 0.2) is 11.6 Å². The van der Waals surface area contributed by atoms with E-state index in [2.05, 4.69) is 12.7 Å². The van der Waals surface area contributed by atoms with Crippen LogP contribution >= 0.6 is 0 Å². The first-order valence-electron chi connectivity index (χ1n) is 9.41. The maximum Gasteiger partial charge on any atom is 0.159 e. The molecule has 130 valence electrons. The van der Waals surface area contributed by atoms with E-state index < -0.39 is 11.6 Å². The molecule has 1 saturated carbocycles. The fraction of sp³-hybridized carbons (Fsp3) is 0.545. The lowest BCUT2D eigenvalue weighted by molar-refractivity contribution is 0.217. The normalized spacial score (nSPS) is 27.6. The van der Waals surface area contributed by atoms with Crippen LogP contribution in [0, 0.1) is 23.5 Å². The van der Waals surface area contributed by atoms with Crippen molar-refractivity contribution in [2.24, 2.45) is 11.8 Å². The van der Waals surface area contributed by atoms with Gasteiger partial charge in [0.1, 0.15) is 0 Å². The van der Waals surface area contributed by atoms with E-state index in [1.807, 2.05) is 6.08 Å². The van der Waals surface area contributed by atoms with E-state index in [9.17, 15) is 8.78 Å². The molecule has 0 radical (unpaired) electrons. The highest BCUT2D eigenvalue weighted by atomic mass is 19.2. The minimum Gasteiger partial charge on any atom is -0.204 e. The number of rotatable bonds is 5. The summed E-state index contributed by atoms with van der Waals surface area (Å²) in [6, 6.07) is 4.43. The smallest absolute Gasteiger partial charge is 0.159 e. The molecule has 0 spiro atoms. The van der Waals surface area contributed by atoms with E-state index in [4.69, 9.17) is 0 Å². The van der Waals surface area contributed by atoms with Crippen molar-refractivity contribution < 1.29 is 8.78 Å². The van der Waals surface area contributed by atoms with Crippen LogP contribution in [-0.4, -0.2) is 0 Å². The molecule has 3 rings (SSSR count). The van der Waals surface area contributed by atoms with Gasteiger partial charge in [-0.3, -0.25) is 0 Å². The van der Waals surface area contributed by atoms with Crippen LogP contribution < -0.4 is 0 Å². The largest absolute Gasteiger partial charge is 0.204 e. The Bertz CT molecular complexity index is 594. The molecule has 0 amide bonds. The zero-order valence-corrected chi connectivity index (χ0v) is 14.4. The van der Waals surface area contributed by atoms with E-state index >= 15 is 0 Å². The van der Waals surface area contributed by atoms with Crippen molar-refractivity contribution in [3.63, 3.8) is 0 Å². The molecule has 2 heteroatoms. The van der Waals surface area contributed by atoms with Crippen molar-refractivity contribution in [2.45, 2.75) is 63.7 Å². The summed E-state index contributed by atoms with van der Waals surface area (Å²) in [5.74, 6) is 0.582. The Morgan fingerprint density at radius 2 is 1.79 bits per heavy atom. The van der Waals surface area contributed by atoms with Crippen molar-refractivity contribution in [1.82, 2.24) is 0 Å². The zero-order chi connectivity index (χ0) is 16.9. The van der Waals surface area contributed by atoms with Crippen LogP contribution in [0.25, 0.3) is 0 Å². The van der Waals surface area contributed by atoms with Gasteiger partial charge < -0.3 is 0 Å². The van der Waals surface area contributed by atoms with E-state index in [1.54, 1.807) is 11.6 Å². The fourth-order valence-electron chi connectivity index (χ4n) is 4.54. The van der Waals surface area contributed by atoms with Crippen LogP contribution in [0.4, 0.5) is 8.78 Å². The Morgan fingerprint density at radius 3 is 2.42 bits per heavy atom. The SMILES string of the molecule is C=CCCC1=CCC(C2CCC(c3ccc(F)c(F)c3)CC2)CC1. The fourth-order valence-corrected chi connectivity index (χ4v) is 4.54. The van der Waals surface area contributed by atoms with Crippen molar-refractivity contribution in [3.8, 4) is 0 Å². The van der Waals surface area contributed by atoms with E-state index in [1.165, 1.54) is 50.7 Å². The van der Waals surface area contributed by atoms with Crippen LogP contribution in [0.3, 0.4) is 0 Å². The highest BCUT2D eigenvalue weighted by Gasteiger charge is 2.29. The number of allylic oxidation sites excluding steroid dienone is 3. The van der Waals surface area contributed by atoms with Gasteiger partial charge in [-0.2, -0.15) is 0 Å². The minimum absolute atomic E-state index is 0.402. The maximum atomic E-state index is 13.4. The summed E-state index contributed by atoms with van der Waals surface area (Å²) < 4.78 is 26.5. The van der Waals surface area contributed by atoms with Gasteiger partial charge in [-0.15, -0.1) is 6.58 Å². The average molecular weight is 330 g/mol. The molecule has 1 aromatic carbocycles. The van der Waals surface area contributed by atoms with Crippen molar-refractivity contribution >= 4 is 0 Å². The molecule has 0 N–H and O–H groups in total. The highest BCUT2D eigenvalue weighted by molar-refractivity contribution is 5.22. The molecule has 0 saturated heterocycles. The molecule has 0 nitrogen and oxygen atoms in total. The molecule has 0 aromatic heterocycles. The Kier molecular flexibility index (Phi) is 5.86. The van der Waals surface area contributed by atoms with Gasteiger partial charge in [-0.25, -0.2) is 8.78 Å². The predicted molar refractivity (Wildman–Crippen MR) is 95.9 cm³/mol. The molecule has 1 fully saturated rings. The molecule has 24 heavy (non-hydrogen) atoms. The maximum absolute atomic E-state index is 13.4. The summed E-state index contributed by atoms with van der Waals surface area (Å²) >= 11 is 0. The molecule has 1 unspecified atom stereocenters. The Balaban J connectivity index is 1.51. The summed E-state index contributed by atoms with van der Waals surface area (Å²) in [6.07, 6.45) is 15.2. The van der Waals surface area contributed by atoms with Crippen LogP contribution in [0.15, 0.2) is 42.5 Å². The second-order valence-corrected chi connectivity index (χ2v) is 7.51. The van der Waals surface area contributed by atoms with Crippen LogP contribution in [-0.2, 0) is 0 Å². The van der Waals surface area contributed by atoms with Gasteiger partial charge in [0.2, 0.25) is 0 Å². The molecule has 2 aliphatic rings. The van der Waals surface area contributed by atoms with E-state index in [0.717, 1.165) is 36.7 Å². The van der Waals surface area contributed by atoms with Gasteiger partial charge in [-0.1, -0.05) is 23.8 Å². The number of benzene rings is 1. The number of halogens is 2. The van der Waals surface area contributed by atoms with Gasteiger partial charge in [0.05, 0.1) is 0 Å². The molecule has 0 aliphatic heterocycles. The van der Waals surface area contributed by atoms with Crippen molar-refractivity contribution in [1.29, 1.82) is 0 Å². The summed E-state index contributed by atoms with van der Waals surface area (Å²) in [5.41, 5.74) is 2.59. The standard InChI is InChI=1S/C22H28F2/c1-2-3-4-16-5-7-17(8-6-16)18-9-11-19(12-10-18)20-13-14-21(23)22(24)15-20/h2,5,13-15,17-19H,1,3-4,6-12H2. The predicted octanol–water partition coefficient (Wildman–Crippen LogP) is 6.93. The topological polar surface area (TPSA) is 0 Å². The molecular formula is C22H28F2. The number of hydrogen-bond donors (Lipinski definition) is 0. The highest BCUT2D eigenvalue weighted by Crippen LogP contribution is 2.43. The first-order chi connectivity index (χ1) is 11.7. The summed E-state index contributed by atoms with van der Waals surface area (Å²) in [5, 5.41) is 0. The molecular weight excluding hydrogens is 302 g/mol. The Morgan fingerprint density at radius 1 is 1.00 bits per heavy atom. The zero-order valence-electron chi connectivity index (χ0n) is 14.4. The lowest BCUT2D eigenvalue weighted by atomic mass is 9.70. The second-order valence-electron chi connectivity index (χ2n) is 7.51. The Labute approximate surface area is 144 Å². The molecule has 0 heterocycles. The summed E-state index contributed by atoms with van der Waals surface area (Å²) in [6.45, 7) is 3.80. The lowest BCUT2D eigenvalue weighted by Crippen LogP contribution is -2.22. The first-order valence-corrected chi connectivity index (χ1v) is 9.41. The first kappa shape index (κ1) is 17.4. The monoisotopic (exact) mass is 330 g/mol.